The van der Waals surface area contributed by atoms with Gasteiger partial charge in [-0.15, -0.1) is 0 Å². The Morgan fingerprint density at radius 1 is 0.457 bits per heavy atom. The molecule has 3 unspecified atom stereocenters. The van der Waals surface area contributed by atoms with Crippen molar-refractivity contribution in [1.29, 1.82) is 0 Å². The highest BCUT2D eigenvalue weighted by molar-refractivity contribution is 5.66. The second-order valence-corrected chi connectivity index (χ2v) is 24.0. The molecule has 6 aromatic rings. The molecule has 364 valence electrons. The predicted molar refractivity (Wildman–Crippen MR) is 267 cm³/mol. The molecule has 0 fully saturated rings. The number of alkyl halides is 6. The van der Waals surface area contributed by atoms with E-state index in [1.54, 1.807) is 12.1 Å². The Morgan fingerprint density at radius 3 is 1.34 bits per heavy atom. The van der Waals surface area contributed by atoms with E-state index in [1.807, 2.05) is 0 Å². The summed E-state index contributed by atoms with van der Waals surface area (Å²) in [5.74, 6) is 6.94. The predicted octanol–water partition coefficient (Wildman–Crippen LogP) is 16.5. The summed E-state index contributed by atoms with van der Waals surface area (Å²) in [5.41, 5.74) is 11.7. The lowest BCUT2D eigenvalue weighted by atomic mass is 9.74. The fourth-order valence-electron chi connectivity index (χ4n) is 10.6. The number of benzene rings is 6. The van der Waals surface area contributed by atoms with Crippen LogP contribution in [0.4, 0.5) is 26.3 Å². The van der Waals surface area contributed by atoms with Crippen molar-refractivity contribution in [2.24, 2.45) is 0 Å². The summed E-state index contributed by atoms with van der Waals surface area (Å²) in [6.45, 7) is 26.0. The summed E-state index contributed by atoms with van der Waals surface area (Å²) < 4.78 is 90.9. The van der Waals surface area contributed by atoms with Crippen molar-refractivity contribution in [2.75, 3.05) is 0 Å². The average molecular weight is 953 g/mol. The summed E-state index contributed by atoms with van der Waals surface area (Å²) in [7, 11) is 0. The van der Waals surface area contributed by atoms with Crippen LogP contribution in [0.25, 0.3) is 0 Å². The highest BCUT2D eigenvalue weighted by Crippen LogP contribution is 2.63. The van der Waals surface area contributed by atoms with E-state index in [4.69, 9.17) is 4.74 Å². The fourth-order valence-corrected chi connectivity index (χ4v) is 10.6. The van der Waals surface area contributed by atoms with E-state index in [2.05, 4.69) is 143 Å². The lowest BCUT2D eigenvalue weighted by Crippen LogP contribution is -2.25. The van der Waals surface area contributed by atoms with Crippen LogP contribution in [-0.2, 0) is 53.3 Å². The highest BCUT2D eigenvalue weighted by atomic mass is 19.4. The molecule has 0 spiro atoms. The maximum absolute atomic E-state index is 14.1. The van der Waals surface area contributed by atoms with Crippen molar-refractivity contribution >= 4 is 0 Å². The van der Waals surface area contributed by atoms with Crippen molar-refractivity contribution in [3.63, 3.8) is 0 Å². The van der Waals surface area contributed by atoms with Gasteiger partial charge in [0.15, 0.2) is 0 Å². The van der Waals surface area contributed by atoms with E-state index in [9.17, 15) is 31.4 Å². The minimum atomic E-state index is -4.50. The molecule has 9 rings (SSSR count). The summed E-state index contributed by atoms with van der Waals surface area (Å²) in [5, 5.41) is 12.7. The molecule has 6 aromatic carbocycles. The van der Waals surface area contributed by atoms with E-state index in [-0.39, 0.29) is 39.2 Å². The first-order valence-corrected chi connectivity index (χ1v) is 24.3. The molecule has 2 nitrogen and oxygen atoms in total. The molecular formula is C62H62F6O2. The van der Waals surface area contributed by atoms with Gasteiger partial charge in [0, 0.05) is 53.4 Å². The van der Waals surface area contributed by atoms with Crippen LogP contribution in [0.2, 0.25) is 0 Å². The number of aromatic hydroxyl groups is 1. The van der Waals surface area contributed by atoms with Crippen LogP contribution in [0.15, 0.2) is 97.1 Å². The third-order valence-corrected chi connectivity index (χ3v) is 14.7. The topological polar surface area (TPSA) is 29.5 Å². The molecule has 2 aliphatic heterocycles. The SMILES string of the molecule is CC(C)(C)c1cc2c(O)c(c1)Cc1cc(C(C)(C)C)cc3c1C1Oc4c(cc(C(C)(C)C)cc4C3C1c1ccc(C(F)(F)F)cc1)Cc1cc(C(C)(C)C)cc(c1C#Cc1ccc(C(F)(F)F)cc1)C2. The second-order valence-electron chi connectivity index (χ2n) is 24.0. The summed E-state index contributed by atoms with van der Waals surface area (Å²) >= 11 is 0. The van der Waals surface area contributed by atoms with Gasteiger partial charge in [0.2, 0.25) is 0 Å². The van der Waals surface area contributed by atoms with Crippen molar-refractivity contribution < 1.29 is 36.2 Å². The smallest absolute Gasteiger partial charge is 0.416 e. The Hall–Kier alpha value is -5.94. The Balaban J connectivity index is 1.39. The molecule has 70 heavy (non-hydrogen) atoms. The van der Waals surface area contributed by atoms with Gasteiger partial charge in [0.25, 0.3) is 0 Å². The molecule has 2 heterocycles. The standard InChI is InChI=1S/C62H62F6O2/c1-57(2,3)44-26-36-23-39-29-45(58(4,5)6)30-40(54(39)69)25-38-28-46(59(7,8)9)32-49-51(38)56-52(35-16-20-43(21-17-35)62(66,67)68)53(49)50-33-47(60(10,11)12)31-41(55(50)70-56)24-37(27-44)48(36)22-15-34-13-18-42(19-14-34)61(63,64)65/h13-14,16-21,26-33,52-53,56,69H,23-25H2,1-12H3. The van der Waals surface area contributed by atoms with E-state index in [0.29, 0.717) is 24.8 Å². The monoisotopic (exact) mass is 952 g/mol. The molecule has 7 bridgehead atoms. The minimum absolute atomic E-state index is 0.169. The van der Waals surface area contributed by atoms with E-state index in [0.717, 1.165) is 101 Å². The first kappa shape index (κ1) is 49.1. The van der Waals surface area contributed by atoms with E-state index < -0.39 is 29.6 Å². The minimum Gasteiger partial charge on any atom is -0.507 e. The number of hydrogen-bond donors (Lipinski definition) is 1. The van der Waals surface area contributed by atoms with Gasteiger partial charge in [-0.05, 0) is 125 Å². The zero-order chi connectivity index (χ0) is 50.8. The van der Waals surface area contributed by atoms with Crippen LogP contribution >= 0.6 is 0 Å². The van der Waals surface area contributed by atoms with E-state index >= 15 is 0 Å². The van der Waals surface area contributed by atoms with Crippen molar-refractivity contribution in [1.82, 2.24) is 0 Å². The number of fused-ring (bicyclic) bond motifs is 7. The summed E-state index contributed by atoms with van der Waals surface area (Å²) in [6, 6.07) is 28.0. The van der Waals surface area contributed by atoms with Crippen molar-refractivity contribution in [3.05, 3.63) is 197 Å². The largest absolute Gasteiger partial charge is 0.507 e. The van der Waals surface area contributed by atoms with Gasteiger partial charge in [0.05, 0.1) is 11.1 Å². The van der Waals surface area contributed by atoms with Crippen LogP contribution in [-0.4, -0.2) is 5.11 Å². The lowest BCUT2D eigenvalue weighted by molar-refractivity contribution is -0.138. The van der Waals surface area contributed by atoms with Gasteiger partial charge in [-0.1, -0.05) is 156 Å². The Morgan fingerprint density at radius 2 is 0.857 bits per heavy atom. The highest BCUT2D eigenvalue weighted by Gasteiger charge is 2.51. The van der Waals surface area contributed by atoms with Gasteiger partial charge in [-0.2, -0.15) is 26.3 Å². The van der Waals surface area contributed by atoms with Crippen LogP contribution < -0.4 is 4.74 Å². The van der Waals surface area contributed by atoms with Gasteiger partial charge >= 0.3 is 12.4 Å². The molecular weight excluding hydrogens is 891 g/mol. The van der Waals surface area contributed by atoms with E-state index in [1.165, 1.54) is 24.3 Å². The van der Waals surface area contributed by atoms with Gasteiger partial charge in [-0.3, -0.25) is 0 Å². The zero-order valence-electron chi connectivity index (χ0n) is 42.2. The molecule has 0 saturated carbocycles. The number of halogens is 6. The Kier molecular flexibility index (Phi) is 11.6. The van der Waals surface area contributed by atoms with Gasteiger partial charge in [0.1, 0.15) is 17.6 Å². The van der Waals surface area contributed by atoms with Crippen LogP contribution in [0.5, 0.6) is 11.5 Å². The van der Waals surface area contributed by atoms with Crippen LogP contribution in [0.3, 0.4) is 0 Å². The number of phenolic OH excluding ortho intramolecular Hbond substituents is 1. The molecule has 0 radical (unpaired) electrons. The average Bonchev–Trinajstić information content (AvgIpc) is 3.48. The summed E-state index contributed by atoms with van der Waals surface area (Å²) in [6.07, 6.45) is -8.49. The fraction of sp³-hybridized carbons (Fsp3) is 0.387. The summed E-state index contributed by atoms with van der Waals surface area (Å²) in [4.78, 5) is 0. The normalized spacial score (nSPS) is 17.9. The van der Waals surface area contributed by atoms with Crippen molar-refractivity contribution in [3.8, 4) is 23.3 Å². The third-order valence-electron chi connectivity index (χ3n) is 14.7. The molecule has 3 atom stereocenters. The van der Waals surface area contributed by atoms with Crippen LogP contribution in [0.1, 0.15) is 201 Å². The number of ether oxygens (including phenoxy) is 1. The molecule has 1 N–H and O–H groups in total. The first-order chi connectivity index (χ1) is 32.4. The maximum Gasteiger partial charge on any atom is 0.416 e. The maximum atomic E-state index is 14.1. The molecule has 0 amide bonds. The lowest BCUT2D eigenvalue weighted by Gasteiger charge is -2.36. The number of phenols is 1. The second kappa shape index (κ2) is 16.6. The number of hydrogen-bond acceptors (Lipinski definition) is 2. The third kappa shape index (κ3) is 9.15. The molecule has 8 heteroatoms. The Bertz CT molecular complexity index is 3110. The Labute approximate surface area is 409 Å². The number of rotatable bonds is 1. The van der Waals surface area contributed by atoms with Gasteiger partial charge < -0.3 is 9.84 Å². The zero-order valence-corrected chi connectivity index (χ0v) is 42.2. The molecule has 0 saturated heterocycles. The molecule has 1 aliphatic carbocycles. The molecule has 0 aromatic heterocycles. The van der Waals surface area contributed by atoms with Crippen molar-refractivity contribution in [2.45, 2.75) is 154 Å². The molecule has 3 aliphatic rings. The van der Waals surface area contributed by atoms with Gasteiger partial charge in [-0.25, -0.2) is 0 Å². The first-order valence-electron chi connectivity index (χ1n) is 24.3. The quantitative estimate of drug-likeness (QED) is 0.131. The van der Waals surface area contributed by atoms with Crippen LogP contribution in [0, 0.1) is 11.8 Å².